The average Bonchev–Trinajstić information content (AvgIpc) is 2.26. The van der Waals surface area contributed by atoms with Gasteiger partial charge in [0.2, 0.25) is 0 Å². The second-order valence-corrected chi connectivity index (χ2v) is 6.26. The van der Waals surface area contributed by atoms with E-state index in [2.05, 4.69) is 33.0 Å². The second-order valence-electron chi connectivity index (χ2n) is 6.26. The van der Waals surface area contributed by atoms with Crippen molar-refractivity contribution in [2.75, 3.05) is 13.7 Å². The molecule has 3 nitrogen and oxygen atoms in total. The van der Waals surface area contributed by atoms with Crippen LogP contribution in [0.1, 0.15) is 53.4 Å². The van der Waals surface area contributed by atoms with Crippen LogP contribution in [0.3, 0.4) is 0 Å². The summed E-state index contributed by atoms with van der Waals surface area (Å²) < 4.78 is 5.06. The summed E-state index contributed by atoms with van der Waals surface area (Å²) in [4.78, 5) is 12.2. The molecule has 0 aromatic rings. The second kappa shape index (κ2) is 5.38. The van der Waals surface area contributed by atoms with Crippen LogP contribution in [0.2, 0.25) is 0 Å². The molecule has 1 saturated carbocycles. The third kappa shape index (κ3) is 2.82. The van der Waals surface area contributed by atoms with Crippen molar-refractivity contribution in [3.05, 3.63) is 0 Å². The Labute approximate surface area is 105 Å². The number of ether oxygens (including phenoxy) is 1. The first kappa shape index (κ1) is 14.5. The molecule has 3 heteroatoms. The Morgan fingerprint density at radius 3 is 2.35 bits per heavy atom. The lowest BCUT2D eigenvalue weighted by atomic mass is 9.63. The maximum absolute atomic E-state index is 12.2. The molecule has 1 aliphatic carbocycles. The third-order valence-electron chi connectivity index (χ3n) is 4.10. The molecule has 1 unspecified atom stereocenters. The fourth-order valence-electron chi connectivity index (χ4n) is 2.84. The van der Waals surface area contributed by atoms with E-state index >= 15 is 0 Å². The van der Waals surface area contributed by atoms with Crippen LogP contribution in [0.4, 0.5) is 0 Å². The van der Waals surface area contributed by atoms with Crippen LogP contribution in [-0.2, 0) is 9.53 Å². The molecule has 0 aromatic carbocycles. The van der Waals surface area contributed by atoms with Crippen molar-refractivity contribution in [2.24, 2.45) is 11.3 Å². The highest BCUT2D eigenvalue weighted by atomic mass is 16.5. The summed E-state index contributed by atoms with van der Waals surface area (Å²) in [6.07, 6.45) is 4.27. The van der Waals surface area contributed by atoms with Gasteiger partial charge >= 0.3 is 5.97 Å². The molecule has 0 radical (unpaired) electrons. The molecule has 100 valence electrons. The summed E-state index contributed by atoms with van der Waals surface area (Å²) in [6, 6.07) is 0. The van der Waals surface area contributed by atoms with E-state index < -0.39 is 5.54 Å². The fourth-order valence-corrected chi connectivity index (χ4v) is 2.84. The van der Waals surface area contributed by atoms with Crippen LogP contribution in [0.25, 0.3) is 0 Å². The minimum atomic E-state index is -0.496. The molecular weight excluding hydrogens is 214 g/mol. The van der Waals surface area contributed by atoms with Crippen LogP contribution < -0.4 is 5.32 Å². The zero-order valence-corrected chi connectivity index (χ0v) is 11.9. The van der Waals surface area contributed by atoms with E-state index in [0.29, 0.717) is 5.92 Å². The van der Waals surface area contributed by atoms with Gasteiger partial charge in [0.05, 0.1) is 7.11 Å². The molecule has 1 fully saturated rings. The summed E-state index contributed by atoms with van der Waals surface area (Å²) in [5, 5.41) is 3.50. The van der Waals surface area contributed by atoms with Crippen molar-refractivity contribution >= 4 is 5.97 Å². The lowest BCUT2D eigenvalue weighted by Gasteiger charge is -2.48. The molecule has 0 amide bonds. The number of esters is 1. The van der Waals surface area contributed by atoms with Crippen LogP contribution in [0.15, 0.2) is 0 Å². The number of rotatable bonds is 4. The maximum Gasteiger partial charge on any atom is 0.326 e. The summed E-state index contributed by atoms with van der Waals surface area (Å²) in [6.45, 7) is 9.53. The molecule has 0 heterocycles. The topological polar surface area (TPSA) is 38.3 Å². The van der Waals surface area contributed by atoms with E-state index in [9.17, 15) is 4.79 Å². The highest BCUT2D eigenvalue weighted by Gasteiger charge is 2.52. The fraction of sp³-hybridized carbons (Fsp3) is 0.929. The molecule has 0 saturated heterocycles. The predicted molar refractivity (Wildman–Crippen MR) is 69.8 cm³/mol. The number of nitrogens with one attached hydrogen (secondary N) is 1. The Hall–Kier alpha value is -0.570. The Kier molecular flexibility index (Phi) is 4.59. The minimum absolute atomic E-state index is 0.0345. The van der Waals surface area contributed by atoms with Crippen molar-refractivity contribution in [1.29, 1.82) is 0 Å². The molecule has 17 heavy (non-hydrogen) atoms. The predicted octanol–water partition coefficient (Wildman–Crippen LogP) is 2.74. The lowest BCUT2D eigenvalue weighted by molar-refractivity contribution is -0.157. The summed E-state index contributed by atoms with van der Waals surface area (Å²) in [5.74, 6) is 0.442. The summed E-state index contributed by atoms with van der Waals surface area (Å²) in [7, 11) is 1.49. The van der Waals surface area contributed by atoms with Crippen LogP contribution in [-0.4, -0.2) is 25.2 Å². The van der Waals surface area contributed by atoms with Crippen LogP contribution in [0, 0.1) is 11.3 Å². The molecule has 1 atom stereocenters. The highest BCUT2D eigenvalue weighted by molar-refractivity contribution is 5.82. The van der Waals surface area contributed by atoms with Gasteiger partial charge in [-0.15, -0.1) is 0 Å². The Balaban J connectivity index is 2.94. The van der Waals surface area contributed by atoms with Gasteiger partial charge in [-0.1, -0.05) is 40.5 Å². The van der Waals surface area contributed by atoms with Gasteiger partial charge in [0.1, 0.15) is 5.54 Å². The SMILES string of the molecule is COC(=O)C1(NCC(C)C)CCCCC1(C)C. The maximum atomic E-state index is 12.2. The third-order valence-corrected chi connectivity index (χ3v) is 4.10. The molecule has 0 aliphatic heterocycles. The normalized spacial score (nSPS) is 28.1. The van der Waals surface area contributed by atoms with Crippen molar-refractivity contribution in [3.63, 3.8) is 0 Å². The van der Waals surface area contributed by atoms with E-state index in [1.165, 1.54) is 13.5 Å². The van der Waals surface area contributed by atoms with Crippen LogP contribution in [0.5, 0.6) is 0 Å². The van der Waals surface area contributed by atoms with Crippen molar-refractivity contribution < 1.29 is 9.53 Å². The Bertz CT molecular complexity index is 273. The van der Waals surface area contributed by atoms with E-state index in [-0.39, 0.29) is 11.4 Å². The Morgan fingerprint density at radius 2 is 1.88 bits per heavy atom. The smallest absolute Gasteiger partial charge is 0.326 e. The standard InChI is InChI=1S/C14H27NO2/c1-11(2)10-15-14(12(16)17-5)9-7-6-8-13(14,3)4/h11,15H,6-10H2,1-5H3. The zero-order valence-electron chi connectivity index (χ0n) is 11.9. The number of hydrogen-bond acceptors (Lipinski definition) is 3. The van der Waals surface area contributed by atoms with Gasteiger partial charge in [0, 0.05) is 0 Å². The van der Waals surface area contributed by atoms with Crippen molar-refractivity contribution in [1.82, 2.24) is 5.32 Å². The number of methoxy groups -OCH3 is 1. The van der Waals surface area contributed by atoms with Gasteiger partial charge in [-0.05, 0) is 30.7 Å². The lowest BCUT2D eigenvalue weighted by Crippen LogP contribution is -2.64. The van der Waals surface area contributed by atoms with Gasteiger partial charge in [-0.25, -0.2) is 0 Å². The van der Waals surface area contributed by atoms with Gasteiger partial charge in [0.25, 0.3) is 0 Å². The first-order chi connectivity index (χ1) is 7.85. The molecule has 1 aliphatic rings. The van der Waals surface area contributed by atoms with Crippen LogP contribution >= 0.6 is 0 Å². The summed E-state index contributed by atoms with van der Waals surface area (Å²) >= 11 is 0. The molecule has 1 rings (SSSR count). The largest absolute Gasteiger partial charge is 0.468 e. The van der Waals surface area contributed by atoms with E-state index in [4.69, 9.17) is 4.74 Å². The van der Waals surface area contributed by atoms with E-state index in [0.717, 1.165) is 25.8 Å². The first-order valence-corrected chi connectivity index (χ1v) is 6.69. The highest BCUT2D eigenvalue weighted by Crippen LogP contribution is 2.44. The quantitative estimate of drug-likeness (QED) is 0.769. The van der Waals surface area contributed by atoms with E-state index in [1.54, 1.807) is 0 Å². The number of hydrogen-bond donors (Lipinski definition) is 1. The number of carbonyl (C=O) groups is 1. The molecule has 0 aromatic heterocycles. The zero-order chi connectivity index (χ0) is 13.1. The van der Waals surface area contributed by atoms with Gasteiger partial charge < -0.3 is 10.1 Å². The van der Waals surface area contributed by atoms with Crippen molar-refractivity contribution in [3.8, 4) is 0 Å². The summed E-state index contributed by atoms with van der Waals surface area (Å²) in [5.41, 5.74) is -0.530. The Morgan fingerprint density at radius 1 is 1.29 bits per heavy atom. The molecule has 0 bridgehead atoms. The monoisotopic (exact) mass is 241 g/mol. The average molecular weight is 241 g/mol. The van der Waals surface area contributed by atoms with Gasteiger partial charge in [0.15, 0.2) is 0 Å². The minimum Gasteiger partial charge on any atom is -0.468 e. The van der Waals surface area contributed by atoms with Crippen molar-refractivity contribution in [2.45, 2.75) is 58.9 Å². The molecule has 0 spiro atoms. The van der Waals surface area contributed by atoms with Gasteiger partial charge in [-0.2, -0.15) is 0 Å². The van der Waals surface area contributed by atoms with E-state index in [1.807, 2.05) is 0 Å². The molecule has 1 N–H and O–H groups in total. The van der Waals surface area contributed by atoms with Gasteiger partial charge in [-0.3, -0.25) is 4.79 Å². The number of carbonyl (C=O) groups excluding carboxylic acids is 1. The molecular formula is C14H27NO2. The first-order valence-electron chi connectivity index (χ1n) is 6.69.